The minimum absolute atomic E-state index is 0.467. The van der Waals surface area contributed by atoms with Gasteiger partial charge < -0.3 is 10.1 Å². The van der Waals surface area contributed by atoms with Gasteiger partial charge in [-0.05, 0) is 18.9 Å². The van der Waals surface area contributed by atoms with Crippen molar-refractivity contribution in [3.8, 4) is 5.75 Å². The van der Waals surface area contributed by atoms with E-state index < -0.39 is 0 Å². The Morgan fingerprint density at radius 3 is 2.81 bits per heavy atom. The van der Waals surface area contributed by atoms with Gasteiger partial charge in [0.1, 0.15) is 5.75 Å². The fourth-order valence-corrected chi connectivity index (χ4v) is 2.55. The molecule has 0 saturated carbocycles. The molecule has 0 aromatic heterocycles. The van der Waals surface area contributed by atoms with Crippen molar-refractivity contribution in [3.05, 3.63) is 42.0 Å². The summed E-state index contributed by atoms with van der Waals surface area (Å²) in [5.74, 6) is 1.05. The monoisotopic (exact) mass is 215 g/mol. The van der Waals surface area contributed by atoms with Gasteiger partial charge in [-0.3, -0.25) is 0 Å². The topological polar surface area (TPSA) is 21.3 Å². The molecule has 1 heterocycles. The van der Waals surface area contributed by atoms with E-state index in [0.717, 1.165) is 18.8 Å². The first-order valence-corrected chi connectivity index (χ1v) is 6.06. The summed E-state index contributed by atoms with van der Waals surface area (Å²) < 4.78 is 5.66. The lowest BCUT2D eigenvalue weighted by atomic mass is 9.99. The van der Waals surface area contributed by atoms with E-state index in [1.165, 1.54) is 18.4 Å². The normalized spacial score (nSPS) is 24.1. The van der Waals surface area contributed by atoms with Gasteiger partial charge in [-0.2, -0.15) is 0 Å². The smallest absolute Gasteiger partial charge is 0.124 e. The molecule has 1 aromatic carbocycles. The summed E-state index contributed by atoms with van der Waals surface area (Å²) in [5.41, 5.74) is 1.32. The lowest BCUT2D eigenvalue weighted by molar-refractivity contribution is 0.245. The number of hydrogen-bond acceptors (Lipinski definition) is 2. The SMILES string of the molecule is C1=CCC(NC2CCOc3ccccc32)C1. The average Bonchev–Trinajstić information content (AvgIpc) is 2.82. The molecule has 0 amide bonds. The van der Waals surface area contributed by atoms with E-state index in [9.17, 15) is 0 Å². The molecule has 2 heteroatoms. The van der Waals surface area contributed by atoms with E-state index in [4.69, 9.17) is 4.74 Å². The van der Waals surface area contributed by atoms with Gasteiger partial charge in [-0.25, -0.2) is 0 Å². The van der Waals surface area contributed by atoms with Gasteiger partial charge in [-0.15, -0.1) is 0 Å². The molecule has 1 atom stereocenters. The van der Waals surface area contributed by atoms with Crippen LogP contribution in [-0.2, 0) is 0 Å². The van der Waals surface area contributed by atoms with Crippen LogP contribution in [0, 0.1) is 0 Å². The highest BCUT2D eigenvalue weighted by Crippen LogP contribution is 2.32. The van der Waals surface area contributed by atoms with Crippen LogP contribution in [-0.4, -0.2) is 12.6 Å². The van der Waals surface area contributed by atoms with Crippen LogP contribution in [0.3, 0.4) is 0 Å². The van der Waals surface area contributed by atoms with Crippen LogP contribution in [0.25, 0.3) is 0 Å². The van der Waals surface area contributed by atoms with Crippen molar-refractivity contribution < 1.29 is 4.74 Å². The molecule has 2 nitrogen and oxygen atoms in total. The number of benzene rings is 1. The molecule has 0 bridgehead atoms. The van der Waals surface area contributed by atoms with Gasteiger partial charge >= 0.3 is 0 Å². The summed E-state index contributed by atoms with van der Waals surface area (Å²) in [5, 5.41) is 3.73. The summed E-state index contributed by atoms with van der Waals surface area (Å²) in [4.78, 5) is 0. The third-order valence-corrected chi connectivity index (χ3v) is 3.40. The third-order valence-electron chi connectivity index (χ3n) is 3.40. The third kappa shape index (κ3) is 1.85. The zero-order valence-electron chi connectivity index (χ0n) is 9.36. The second kappa shape index (κ2) is 4.30. The molecule has 1 aliphatic carbocycles. The molecule has 1 N–H and O–H groups in total. The molecule has 3 rings (SSSR count). The Morgan fingerprint density at radius 1 is 1.12 bits per heavy atom. The van der Waals surface area contributed by atoms with E-state index in [-0.39, 0.29) is 0 Å². The van der Waals surface area contributed by atoms with Crippen molar-refractivity contribution in [2.45, 2.75) is 31.3 Å². The Morgan fingerprint density at radius 2 is 1.94 bits per heavy atom. The predicted molar refractivity (Wildman–Crippen MR) is 64.6 cm³/mol. The maximum Gasteiger partial charge on any atom is 0.124 e. The second-order valence-corrected chi connectivity index (χ2v) is 4.53. The van der Waals surface area contributed by atoms with E-state index >= 15 is 0 Å². The first-order valence-electron chi connectivity index (χ1n) is 6.06. The summed E-state index contributed by atoms with van der Waals surface area (Å²) >= 11 is 0. The van der Waals surface area contributed by atoms with Crippen LogP contribution < -0.4 is 10.1 Å². The maximum absolute atomic E-state index is 5.66. The first-order chi connectivity index (χ1) is 7.93. The second-order valence-electron chi connectivity index (χ2n) is 4.53. The number of para-hydroxylation sites is 1. The van der Waals surface area contributed by atoms with E-state index in [2.05, 4.69) is 35.7 Å². The Bertz CT molecular complexity index is 391. The van der Waals surface area contributed by atoms with Gasteiger partial charge in [0.05, 0.1) is 6.61 Å². The van der Waals surface area contributed by atoms with Crippen molar-refractivity contribution in [1.82, 2.24) is 5.32 Å². The van der Waals surface area contributed by atoms with Crippen LogP contribution in [0.5, 0.6) is 5.75 Å². The predicted octanol–water partition coefficient (Wildman–Crippen LogP) is 2.82. The average molecular weight is 215 g/mol. The van der Waals surface area contributed by atoms with Crippen molar-refractivity contribution in [3.63, 3.8) is 0 Å². The fourth-order valence-electron chi connectivity index (χ4n) is 2.55. The van der Waals surface area contributed by atoms with Crippen molar-refractivity contribution >= 4 is 0 Å². The standard InChI is InChI=1S/C14H17NO/c1-2-6-11(5-1)15-13-9-10-16-14-8-4-3-7-12(13)14/h1-4,7-8,11,13,15H,5-6,9-10H2. The molecule has 0 radical (unpaired) electrons. The fraction of sp³-hybridized carbons (Fsp3) is 0.429. The minimum atomic E-state index is 0.467. The highest BCUT2D eigenvalue weighted by Gasteiger charge is 2.23. The van der Waals surface area contributed by atoms with Crippen LogP contribution in [0.1, 0.15) is 30.9 Å². The molecule has 0 fully saturated rings. The molecule has 2 aliphatic rings. The number of hydrogen-bond donors (Lipinski definition) is 1. The molecule has 16 heavy (non-hydrogen) atoms. The van der Waals surface area contributed by atoms with Gasteiger partial charge in [0.15, 0.2) is 0 Å². The molecule has 84 valence electrons. The van der Waals surface area contributed by atoms with Crippen molar-refractivity contribution in [2.75, 3.05) is 6.61 Å². The number of fused-ring (bicyclic) bond motifs is 1. The van der Waals surface area contributed by atoms with Gasteiger partial charge in [0, 0.05) is 24.1 Å². The molecule has 1 aliphatic heterocycles. The van der Waals surface area contributed by atoms with Crippen LogP contribution in [0.15, 0.2) is 36.4 Å². The Kier molecular flexibility index (Phi) is 2.66. The molecular formula is C14H17NO. The molecule has 1 aromatic rings. The van der Waals surface area contributed by atoms with E-state index in [0.29, 0.717) is 12.1 Å². The largest absolute Gasteiger partial charge is 0.493 e. The van der Waals surface area contributed by atoms with Gasteiger partial charge in [0.25, 0.3) is 0 Å². The highest BCUT2D eigenvalue weighted by atomic mass is 16.5. The van der Waals surface area contributed by atoms with Gasteiger partial charge in [-0.1, -0.05) is 30.4 Å². The highest BCUT2D eigenvalue weighted by molar-refractivity contribution is 5.37. The Labute approximate surface area is 96.3 Å². The minimum Gasteiger partial charge on any atom is -0.493 e. The molecule has 0 saturated heterocycles. The van der Waals surface area contributed by atoms with Crippen LogP contribution in [0.2, 0.25) is 0 Å². The molecule has 1 unspecified atom stereocenters. The Balaban J connectivity index is 1.76. The van der Waals surface area contributed by atoms with Crippen LogP contribution >= 0.6 is 0 Å². The van der Waals surface area contributed by atoms with E-state index in [1.54, 1.807) is 0 Å². The number of ether oxygens (including phenoxy) is 1. The van der Waals surface area contributed by atoms with Crippen LogP contribution in [0.4, 0.5) is 0 Å². The van der Waals surface area contributed by atoms with Gasteiger partial charge in [0.2, 0.25) is 0 Å². The zero-order valence-corrected chi connectivity index (χ0v) is 9.36. The molecule has 0 spiro atoms. The first kappa shape index (κ1) is 9.91. The number of nitrogens with one attached hydrogen (secondary N) is 1. The molecular weight excluding hydrogens is 198 g/mol. The summed E-state index contributed by atoms with van der Waals surface area (Å²) in [6.07, 6.45) is 7.94. The lowest BCUT2D eigenvalue weighted by Gasteiger charge is -2.29. The maximum atomic E-state index is 5.66. The summed E-state index contributed by atoms with van der Waals surface area (Å²) in [6.45, 7) is 0.828. The quantitative estimate of drug-likeness (QED) is 0.766. The van der Waals surface area contributed by atoms with Crippen molar-refractivity contribution in [1.29, 1.82) is 0 Å². The number of rotatable bonds is 2. The summed E-state index contributed by atoms with van der Waals surface area (Å²) in [6, 6.07) is 9.46. The van der Waals surface area contributed by atoms with Crippen molar-refractivity contribution in [2.24, 2.45) is 0 Å². The summed E-state index contributed by atoms with van der Waals surface area (Å²) in [7, 11) is 0. The van der Waals surface area contributed by atoms with E-state index in [1.807, 2.05) is 6.07 Å². The Hall–Kier alpha value is -1.28. The zero-order chi connectivity index (χ0) is 10.8. The lowest BCUT2D eigenvalue weighted by Crippen LogP contribution is -2.34.